The normalized spacial score (nSPS) is 11.5. The average Bonchev–Trinajstić information content (AvgIpc) is 3.39. The molecule has 0 bridgehead atoms. The van der Waals surface area contributed by atoms with Gasteiger partial charge in [0, 0.05) is 6.20 Å². The quantitative estimate of drug-likeness (QED) is 0.383. The minimum absolute atomic E-state index is 0.0170. The molecule has 2 N–H and O–H groups in total. The van der Waals surface area contributed by atoms with Gasteiger partial charge in [-0.25, -0.2) is 12.8 Å². The third kappa shape index (κ3) is 4.77. The van der Waals surface area contributed by atoms with Crippen molar-refractivity contribution in [3.05, 3.63) is 84.0 Å². The van der Waals surface area contributed by atoms with Gasteiger partial charge in [-0.3, -0.25) is 14.2 Å². The number of carbonyl (C=O) groups excluding carboxylic acids is 1. The molecule has 2 heterocycles. The van der Waals surface area contributed by atoms with Crippen molar-refractivity contribution in [3.63, 3.8) is 0 Å². The Morgan fingerprint density at radius 3 is 2.82 bits per heavy atom. The van der Waals surface area contributed by atoms with Crippen molar-refractivity contribution < 1.29 is 22.1 Å². The molecule has 0 unspecified atom stereocenters. The fraction of sp³-hybridized carbons (Fsp3) is 0.136. The minimum Gasteiger partial charge on any atom is -0.354 e. The molecule has 11 heteroatoms. The van der Waals surface area contributed by atoms with Crippen LogP contribution in [-0.4, -0.2) is 29.3 Å². The van der Waals surface area contributed by atoms with E-state index in [1.165, 1.54) is 24.3 Å². The molecule has 0 saturated heterocycles. The molecular formula is C22H20FN5O4S. The number of fused-ring (bicyclic) bond motifs is 1. The first-order valence-electron chi connectivity index (χ1n) is 9.85. The van der Waals surface area contributed by atoms with Crippen LogP contribution in [0.1, 0.15) is 16.8 Å². The van der Waals surface area contributed by atoms with Crippen molar-refractivity contribution in [1.29, 1.82) is 0 Å². The third-order valence-corrected chi connectivity index (χ3v) is 6.23. The lowest BCUT2D eigenvalue weighted by molar-refractivity contribution is -0.116. The van der Waals surface area contributed by atoms with Gasteiger partial charge in [-0.2, -0.15) is 5.10 Å². The summed E-state index contributed by atoms with van der Waals surface area (Å²) in [5, 5.41) is 11.4. The maximum Gasteiger partial charge on any atom is 0.266 e. The molecule has 0 saturated carbocycles. The average molecular weight is 469 g/mol. The van der Waals surface area contributed by atoms with Crippen LogP contribution in [0.3, 0.4) is 0 Å². The Kier molecular flexibility index (Phi) is 5.97. The number of hydrogen-bond donors (Lipinski definition) is 2. The highest BCUT2D eigenvalue weighted by Crippen LogP contribution is 2.30. The second-order valence-electron chi connectivity index (χ2n) is 7.28. The summed E-state index contributed by atoms with van der Waals surface area (Å²) >= 11 is 0. The first kappa shape index (κ1) is 22.2. The number of rotatable bonds is 8. The Bertz CT molecular complexity index is 1460. The van der Waals surface area contributed by atoms with E-state index in [1.807, 2.05) is 6.07 Å². The zero-order valence-corrected chi connectivity index (χ0v) is 18.4. The molecular weight excluding hydrogens is 449 g/mol. The Hall–Kier alpha value is -3.99. The molecule has 33 heavy (non-hydrogen) atoms. The van der Waals surface area contributed by atoms with Crippen LogP contribution in [0.15, 0.2) is 70.7 Å². The molecule has 0 aliphatic heterocycles. The first-order chi connectivity index (χ1) is 15.8. The van der Waals surface area contributed by atoms with Gasteiger partial charge in [-0.05, 0) is 48.4 Å². The third-order valence-electron chi connectivity index (χ3n) is 4.86. The van der Waals surface area contributed by atoms with Crippen LogP contribution >= 0.6 is 0 Å². The van der Waals surface area contributed by atoms with E-state index in [9.17, 15) is 17.6 Å². The second-order valence-corrected chi connectivity index (χ2v) is 8.93. The number of nitrogens with zero attached hydrogens (tertiary/aromatic N) is 3. The Morgan fingerprint density at radius 2 is 2.06 bits per heavy atom. The van der Waals surface area contributed by atoms with Gasteiger partial charge in [0.25, 0.3) is 10.0 Å². The maximum absolute atomic E-state index is 14.0. The van der Waals surface area contributed by atoms with Gasteiger partial charge >= 0.3 is 0 Å². The molecule has 9 nitrogen and oxygen atoms in total. The van der Waals surface area contributed by atoms with Crippen molar-refractivity contribution >= 4 is 32.7 Å². The van der Waals surface area contributed by atoms with E-state index in [0.29, 0.717) is 23.2 Å². The molecule has 0 radical (unpaired) electrons. The van der Waals surface area contributed by atoms with Crippen LogP contribution in [0, 0.1) is 12.7 Å². The van der Waals surface area contributed by atoms with Gasteiger partial charge in [0.15, 0.2) is 11.4 Å². The van der Waals surface area contributed by atoms with Gasteiger partial charge in [0.05, 0.1) is 24.2 Å². The number of hydrogen-bond acceptors (Lipinski definition) is 6. The molecule has 0 fully saturated rings. The Balaban J connectivity index is 1.55. The molecule has 4 rings (SSSR count). The van der Waals surface area contributed by atoms with Gasteiger partial charge in [-0.1, -0.05) is 29.9 Å². The number of benzene rings is 2. The van der Waals surface area contributed by atoms with Gasteiger partial charge < -0.3 is 9.84 Å². The summed E-state index contributed by atoms with van der Waals surface area (Å²) in [5.74, 6) is -1.16. The zero-order chi connectivity index (χ0) is 23.6. The summed E-state index contributed by atoms with van der Waals surface area (Å²) in [7, 11) is -4.19. The highest BCUT2D eigenvalue weighted by atomic mass is 32.2. The summed E-state index contributed by atoms with van der Waals surface area (Å²) in [4.78, 5) is 10.8. The topological polar surface area (TPSA) is 119 Å². The minimum atomic E-state index is -4.19. The Labute approximate surface area is 188 Å². The highest BCUT2D eigenvalue weighted by Gasteiger charge is 2.22. The lowest BCUT2D eigenvalue weighted by Crippen LogP contribution is -2.20. The van der Waals surface area contributed by atoms with Crippen LogP contribution in [0.2, 0.25) is 0 Å². The van der Waals surface area contributed by atoms with Crippen molar-refractivity contribution in [1.82, 2.24) is 20.3 Å². The number of carbonyl (C=O) groups is 1. The molecule has 0 spiro atoms. The molecule has 2 aromatic carbocycles. The van der Waals surface area contributed by atoms with E-state index < -0.39 is 20.7 Å². The largest absolute Gasteiger partial charge is 0.354 e. The van der Waals surface area contributed by atoms with E-state index in [2.05, 4.69) is 26.9 Å². The fourth-order valence-electron chi connectivity index (χ4n) is 3.37. The number of aromatic nitrogens is 3. The van der Waals surface area contributed by atoms with E-state index in [4.69, 9.17) is 4.52 Å². The first-order valence-corrected chi connectivity index (χ1v) is 11.3. The van der Waals surface area contributed by atoms with E-state index >= 15 is 0 Å². The lowest BCUT2D eigenvalue weighted by atomic mass is 10.1. The fourth-order valence-corrected chi connectivity index (χ4v) is 4.46. The number of sulfonamides is 1. The molecule has 1 amide bonds. The van der Waals surface area contributed by atoms with Crippen LogP contribution < -0.4 is 10.0 Å². The molecule has 0 aliphatic rings. The van der Waals surface area contributed by atoms with Crippen molar-refractivity contribution in [2.24, 2.45) is 0 Å². The molecule has 0 aliphatic carbocycles. The number of aryl methyl sites for hydroxylation is 1. The summed E-state index contributed by atoms with van der Waals surface area (Å²) in [6.07, 6.45) is 2.97. The van der Waals surface area contributed by atoms with Crippen LogP contribution in [0.5, 0.6) is 0 Å². The Morgan fingerprint density at radius 1 is 1.27 bits per heavy atom. The molecule has 4 aromatic rings. The van der Waals surface area contributed by atoms with Gasteiger partial charge in [0.1, 0.15) is 10.7 Å². The smallest absolute Gasteiger partial charge is 0.266 e. The number of amides is 1. The standard InChI is InChI=1S/C22H20FN5O4S/c1-3-20(29)24-12-16-8-9-28(25-16)13-15-10-14(2)21-18(11-15)32-26-22(21)27-33(30,31)19-7-5-4-6-17(19)23/h3-11H,1,12-13H2,2H3,(H,24,29)(H,26,27). The number of nitrogens with one attached hydrogen (secondary N) is 2. The van der Waals surface area contributed by atoms with Crippen molar-refractivity contribution in [2.75, 3.05) is 4.72 Å². The van der Waals surface area contributed by atoms with Crippen molar-refractivity contribution in [3.8, 4) is 0 Å². The summed E-state index contributed by atoms with van der Waals surface area (Å²) in [5.41, 5.74) is 2.64. The summed E-state index contributed by atoms with van der Waals surface area (Å²) < 4.78 is 48.6. The molecule has 170 valence electrons. The van der Waals surface area contributed by atoms with E-state index in [0.717, 1.165) is 17.2 Å². The predicted octanol–water partition coefficient (Wildman–Crippen LogP) is 3.12. The van der Waals surface area contributed by atoms with Crippen LogP contribution in [0.25, 0.3) is 11.0 Å². The zero-order valence-electron chi connectivity index (χ0n) is 17.6. The maximum atomic E-state index is 14.0. The van der Waals surface area contributed by atoms with E-state index in [1.54, 1.807) is 29.9 Å². The van der Waals surface area contributed by atoms with E-state index in [-0.39, 0.29) is 18.3 Å². The van der Waals surface area contributed by atoms with Gasteiger partial charge in [0.2, 0.25) is 5.91 Å². The molecule has 2 aromatic heterocycles. The van der Waals surface area contributed by atoms with Crippen LogP contribution in [-0.2, 0) is 27.9 Å². The summed E-state index contributed by atoms with van der Waals surface area (Å²) in [6, 6.07) is 10.5. The summed E-state index contributed by atoms with van der Waals surface area (Å²) in [6.45, 7) is 5.90. The van der Waals surface area contributed by atoms with Crippen LogP contribution in [0.4, 0.5) is 10.2 Å². The lowest BCUT2D eigenvalue weighted by Gasteiger charge is -2.08. The highest BCUT2D eigenvalue weighted by molar-refractivity contribution is 7.92. The predicted molar refractivity (Wildman–Crippen MR) is 119 cm³/mol. The monoisotopic (exact) mass is 469 g/mol. The number of halogens is 1. The SMILES string of the molecule is C=CC(=O)NCc1ccn(Cc2cc(C)c3c(NS(=O)(=O)c4ccccc4F)noc3c2)n1. The number of anilines is 1. The van der Waals surface area contributed by atoms with Gasteiger partial charge in [-0.15, -0.1) is 0 Å². The molecule has 0 atom stereocenters. The van der Waals surface area contributed by atoms with Crippen molar-refractivity contribution in [2.45, 2.75) is 24.9 Å². The second kappa shape index (κ2) is 8.87.